The van der Waals surface area contributed by atoms with Gasteiger partial charge in [-0.3, -0.25) is 9.48 Å². The summed E-state index contributed by atoms with van der Waals surface area (Å²) in [6.45, 7) is 0.563. The van der Waals surface area contributed by atoms with Crippen LogP contribution in [-0.2, 0) is 6.54 Å². The van der Waals surface area contributed by atoms with Crippen molar-refractivity contribution in [3.63, 3.8) is 0 Å². The molecule has 0 fully saturated rings. The lowest BCUT2D eigenvalue weighted by molar-refractivity contribution is -0.0963. The van der Waals surface area contributed by atoms with Crippen LogP contribution in [0.1, 0.15) is 10.5 Å². The zero-order chi connectivity index (χ0) is 14.8. The van der Waals surface area contributed by atoms with E-state index in [-0.39, 0.29) is 11.0 Å². The van der Waals surface area contributed by atoms with Gasteiger partial charge in [0.2, 0.25) is 0 Å². The molecular formula is C10H12BrF4N3O. The molecule has 0 aliphatic carbocycles. The minimum atomic E-state index is -4.72. The highest BCUT2D eigenvalue weighted by molar-refractivity contribution is 9.10. The topological polar surface area (TPSA) is 38.1 Å². The molecule has 4 nitrogen and oxygen atoms in total. The van der Waals surface area contributed by atoms with Gasteiger partial charge in [-0.25, -0.2) is 8.78 Å². The molecule has 0 aliphatic rings. The minimum Gasteiger partial charge on any atom is -0.308 e. The molecule has 0 saturated heterocycles. The largest absolute Gasteiger partial charge is 0.370 e. The summed E-state index contributed by atoms with van der Waals surface area (Å²) in [4.78, 5) is 13.3. The number of hydrogen-bond acceptors (Lipinski definition) is 3. The number of aromatic nitrogens is 2. The van der Waals surface area contributed by atoms with Crippen molar-refractivity contribution >= 4 is 21.7 Å². The van der Waals surface area contributed by atoms with Crippen LogP contribution in [-0.4, -0.2) is 53.5 Å². The lowest BCUT2D eigenvalue weighted by Crippen LogP contribution is -2.38. The van der Waals surface area contributed by atoms with E-state index in [1.54, 1.807) is 19.0 Å². The first-order valence-electron chi connectivity index (χ1n) is 5.24. The van der Waals surface area contributed by atoms with Crippen LogP contribution in [0.4, 0.5) is 17.6 Å². The fourth-order valence-corrected chi connectivity index (χ4v) is 1.79. The number of halogens is 5. The first-order valence-corrected chi connectivity index (χ1v) is 6.04. The highest BCUT2D eigenvalue weighted by atomic mass is 79.9. The molecule has 0 N–H and O–H groups in total. The second-order valence-electron chi connectivity index (χ2n) is 4.12. The van der Waals surface area contributed by atoms with E-state index >= 15 is 0 Å². The van der Waals surface area contributed by atoms with E-state index in [0.29, 0.717) is 6.54 Å². The van der Waals surface area contributed by atoms with Gasteiger partial charge in [0.05, 0.1) is 17.2 Å². The summed E-state index contributed by atoms with van der Waals surface area (Å²) in [5.74, 6) is -6.66. The van der Waals surface area contributed by atoms with E-state index in [1.165, 1.54) is 0 Å². The van der Waals surface area contributed by atoms with Crippen LogP contribution in [0.25, 0.3) is 0 Å². The lowest BCUT2D eigenvalue weighted by atomic mass is 10.1. The van der Waals surface area contributed by atoms with Crippen LogP contribution in [0.5, 0.6) is 0 Å². The normalized spacial score (nSPS) is 12.5. The number of carbonyl (C=O) groups is 1. The van der Waals surface area contributed by atoms with Gasteiger partial charge in [0.25, 0.3) is 5.78 Å². The predicted molar refractivity (Wildman–Crippen MR) is 63.8 cm³/mol. The number of rotatable bonds is 6. The molecule has 0 aromatic carbocycles. The zero-order valence-electron chi connectivity index (χ0n) is 10.2. The van der Waals surface area contributed by atoms with Crippen molar-refractivity contribution in [3.8, 4) is 0 Å². The van der Waals surface area contributed by atoms with Crippen LogP contribution in [0.15, 0.2) is 10.7 Å². The zero-order valence-corrected chi connectivity index (χ0v) is 11.8. The third kappa shape index (κ3) is 3.53. The van der Waals surface area contributed by atoms with Gasteiger partial charge in [0, 0.05) is 6.54 Å². The Morgan fingerprint density at radius 3 is 2.58 bits per heavy atom. The van der Waals surface area contributed by atoms with Gasteiger partial charge in [-0.15, -0.1) is 0 Å². The summed E-state index contributed by atoms with van der Waals surface area (Å²) in [5, 5.41) is 3.73. The van der Waals surface area contributed by atoms with Crippen LogP contribution in [0.2, 0.25) is 0 Å². The summed E-state index contributed by atoms with van der Waals surface area (Å²) in [6, 6.07) is 0. The molecule has 0 saturated carbocycles. The number of likely N-dealkylation sites (N-methyl/N-ethyl adjacent to an activating group) is 1. The molecule has 0 spiro atoms. The molecule has 19 heavy (non-hydrogen) atoms. The summed E-state index contributed by atoms with van der Waals surface area (Å²) in [5.41, 5.74) is -0.549. The second kappa shape index (κ2) is 6.00. The van der Waals surface area contributed by atoms with Crippen molar-refractivity contribution in [2.24, 2.45) is 0 Å². The van der Waals surface area contributed by atoms with Gasteiger partial charge in [0.1, 0.15) is 5.69 Å². The first-order chi connectivity index (χ1) is 8.67. The molecule has 1 aromatic heterocycles. The Bertz CT molecular complexity index is 462. The van der Waals surface area contributed by atoms with Crippen molar-refractivity contribution in [3.05, 3.63) is 16.4 Å². The monoisotopic (exact) mass is 345 g/mol. The van der Waals surface area contributed by atoms with Crippen molar-refractivity contribution < 1.29 is 22.4 Å². The third-order valence-electron chi connectivity index (χ3n) is 2.35. The van der Waals surface area contributed by atoms with Gasteiger partial charge in [-0.05, 0) is 30.0 Å². The van der Waals surface area contributed by atoms with Gasteiger partial charge in [-0.1, -0.05) is 0 Å². The molecule has 1 heterocycles. The van der Waals surface area contributed by atoms with Crippen LogP contribution in [0, 0.1) is 0 Å². The molecule has 0 atom stereocenters. The van der Waals surface area contributed by atoms with Crippen LogP contribution >= 0.6 is 15.9 Å². The Balaban J connectivity index is 3.06. The Kier molecular flexibility index (Phi) is 5.08. The van der Waals surface area contributed by atoms with Crippen molar-refractivity contribution in [1.82, 2.24) is 14.7 Å². The molecule has 0 amide bonds. The van der Waals surface area contributed by atoms with Crippen molar-refractivity contribution in [2.75, 3.05) is 20.6 Å². The van der Waals surface area contributed by atoms with Gasteiger partial charge in [-0.2, -0.15) is 13.9 Å². The lowest BCUT2D eigenvalue weighted by Gasteiger charge is -2.16. The second-order valence-corrected chi connectivity index (χ2v) is 4.97. The molecule has 1 rings (SSSR count). The fraction of sp³-hybridized carbons (Fsp3) is 0.600. The smallest absolute Gasteiger partial charge is 0.308 e. The van der Waals surface area contributed by atoms with E-state index in [2.05, 4.69) is 21.0 Å². The molecule has 1 aromatic rings. The Hall–Kier alpha value is -0.960. The number of ketones is 1. The predicted octanol–water partition coefficient (Wildman–Crippen LogP) is 2.29. The summed E-state index contributed by atoms with van der Waals surface area (Å²) < 4.78 is 51.6. The van der Waals surface area contributed by atoms with E-state index in [0.717, 1.165) is 10.9 Å². The molecule has 0 radical (unpaired) electrons. The van der Waals surface area contributed by atoms with E-state index in [4.69, 9.17) is 0 Å². The number of hydrogen-bond donors (Lipinski definition) is 0. The number of carbonyl (C=O) groups excluding carboxylic acids is 1. The van der Waals surface area contributed by atoms with Gasteiger partial charge in [0.15, 0.2) is 0 Å². The average molecular weight is 346 g/mol. The molecule has 108 valence electrons. The van der Waals surface area contributed by atoms with Crippen LogP contribution < -0.4 is 0 Å². The van der Waals surface area contributed by atoms with Crippen molar-refractivity contribution in [2.45, 2.75) is 18.9 Å². The highest BCUT2D eigenvalue weighted by Gasteiger charge is 2.50. The SMILES string of the molecule is CN(C)CCn1ncc(Br)c1C(=O)C(F)(F)C(F)F. The summed E-state index contributed by atoms with van der Waals surface area (Å²) in [7, 11) is 3.49. The first kappa shape index (κ1) is 16.1. The average Bonchev–Trinajstić information content (AvgIpc) is 2.66. The molecule has 9 heteroatoms. The Morgan fingerprint density at radius 2 is 2.11 bits per heavy atom. The quantitative estimate of drug-likeness (QED) is 0.586. The Morgan fingerprint density at radius 1 is 1.53 bits per heavy atom. The third-order valence-corrected chi connectivity index (χ3v) is 2.93. The standard InChI is InChI=1S/C10H12BrF4N3O/c1-17(2)3-4-18-7(6(11)5-16-18)8(19)10(14,15)9(12)13/h5,9H,3-4H2,1-2H3. The Labute approximate surface area is 115 Å². The number of nitrogens with zero attached hydrogens (tertiary/aromatic N) is 3. The van der Waals surface area contributed by atoms with E-state index in [9.17, 15) is 22.4 Å². The molecular weight excluding hydrogens is 334 g/mol. The maximum absolute atomic E-state index is 13.1. The molecule has 0 unspecified atom stereocenters. The molecule has 0 bridgehead atoms. The van der Waals surface area contributed by atoms with E-state index < -0.39 is 23.8 Å². The van der Waals surface area contributed by atoms with Crippen LogP contribution in [0.3, 0.4) is 0 Å². The molecule has 0 aliphatic heterocycles. The maximum atomic E-state index is 13.1. The minimum absolute atomic E-state index is 0.0309. The van der Waals surface area contributed by atoms with Crippen molar-refractivity contribution in [1.29, 1.82) is 0 Å². The van der Waals surface area contributed by atoms with Gasteiger partial charge >= 0.3 is 12.3 Å². The summed E-state index contributed by atoms with van der Waals surface area (Å²) in [6.07, 6.45) is -2.92. The highest BCUT2D eigenvalue weighted by Crippen LogP contribution is 2.30. The maximum Gasteiger partial charge on any atom is 0.370 e. The number of alkyl halides is 4. The van der Waals surface area contributed by atoms with E-state index in [1.807, 2.05) is 0 Å². The van der Waals surface area contributed by atoms with Gasteiger partial charge < -0.3 is 4.90 Å². The fourth-order valence-electron chi connectivity index (χ4n) is 1.31. The summed E-state index contributed by atoms with van der Waals surface area (Å²) >= 11 is 2.87. The number of Topliss-reactive ketones (excluding diaryl/α,β-unsaturated/α-hetero) is 1.